The molecule has 0 unspecified atom stereocenters. The van der Waals surface area contributed by atoms with E-state index in [1.165, 1.54) is 0 Å². The molecule has 6 heteroatoms. The number of pyridine rings is 1. The molecule has 3 rings (SSSR count). The monoisotopic (exact) mass is 279 g/mol. The van der Waals surface area contributed by atoms with E-state index >= 15 is 0 Å². The molecule has 102 valence electrons. The number of fused-ring (bicyclic) bond motifs is 1. The van der Waals surface area contributed by atoms with Crippen LogP contribution in [0, 0.1) is 0 Å². The van der Waals surface area contributed by atoms with Gasteiger partial charge in [-0.15, -0.1) is 5.10 Å². The van der Waals surface area contributed by atoms with Crippen LogP contribution in [0.2, 0.25) is 5.02 Å². The maximum Gasteiger partial charge on any atom is 0.245 e. The van der Waals surface area contributed by atoms with Gasteiger partial charge in [-0.3, -0.25) is 0 Å². The van der Waals surface area contributed by atoms with Crippen LogP contribution in [0.5, 0.6) is 0 Å². The molecule has 0 aromatic carbocycles. The fourth-order valence-electron chi connectivity index (χ4n) is 2.43. The number of halogens is 1. The van der Waals surface area contributed by atoms with E-state index in [2.05, 4.69) is 27.2 Å². The number of hydrogen-bond donors (Lipinski definition) is 1. The fraction of sp³-hybridized carbons (Fsp3) is 0.538. The summed E-state index contributed by atoms with van der Waals surface area (Å²) in [6.07, 6.45) is 3.98. The lowest BCUT2D eigenvalue weighted by Crippen LogP contribution is -2.50. The van der Waals surface area contributed by atoms with E-state index in [-0.39, 0.29) is 5.54 Å². The highest BCUT2D eigenvalue weighted by atomic mass is 35.5. The molecule has 19 heavy (non-hydrogen) atoms. The number of nitrogens with one attached hydrogen (secondary N) is 1. The molecule has 2 aromatic heterocycles. The maximum absolute atomic E-state index is 5.96. The largest absolute Gasteiger partial charge is 0.339 e. The van der Waals surface area contributed by atoms with Crippen LogP contribution in [0.25, 0.3) is 5.65 Å². The predicted molar refractivity (Wildman–Crippen MR) is 76.9 cm³/mol. The van der Waals surface area contributed by atoms with Crippen molar-refractivity contribution in [1.82, 2.24) is 19.9 Å². The molecule has 1 N–H and O–H groups in total. The minimum Gasteiger partial charge on any atom is -0.339 e. The van der Waals surface area contributed by atoms with E-state index in [4.69, 9.17) is 11.6 Å². The third-order valence-corrected chi connectivity index (χ3v) is 4.26. The summed E-state index contributed by atoms with van der Waals surface area (Å²) in [5.41, 5.74) is 1.07. The van der Waals surface area contributed by atoms with Crippen molar-refractivity contribution >= 4 is 23.2 Å². The Morgan fingerprint density at radius 3 is 2.74 bits per heavy atom. The number of nitrogens with zero attached hydrogens (tertiary/aromatic N) is 4. The van der Waals surface area contributed by atoms with Gasteiger partial charge >= 0.3 is 0 Å². The maximum atomic E-state index is 5.96. The van der Waals surface area contributed by atoms with Gasteiger partial charge in [0, 0.05) is 24.8 Å². The second-order valence-corrected chi connectivity index (χ2v) is 5.80. The number of aromatic nitrogens is 3. The molecule has 1 fully saturated rings. The first-order chi connectivity index (χ1) is 9.09. The second-order valence-electron chi connectivity index (χ2n) is 5.36. The first-order valence-electron chi connectivity index (χ1n) is 6.55. The van der Waals surface area contributed by atoms with Gasteiger partial charge in [-0.2, -0.15) is 4.98 Å². The van der Waals surface area contributed by atoms with Crippen LogP contribution in [0.1, 0.15) is 19.8 Å². The van der Waals surface area contributed by atoms with Gasteiger partial charge in [0.15, 0.2) is 5.65 Å². The van der Waals surface area contributed by atoms with Gasteiger partial charge in [-0.25, -0.2) is 4.52 Å². The Balaban J connectivity index is 1.82. The summed E-state index contributed by atoms with van der Waals surface area (Å²) >= 11 is 5.96. The fourth-order valence-corrected chi connectivity index (χ4v) is 2.59. The van der Waals surface area contributed by atoms with E-state index in [0.29, 0.717) is 5.02 Å². The number of anilines is 1. The molecule has 2 aromatic rings. The highest BCUT2D eigenvalue weighted by Gasteiger charge is 2.29. The summed E-state index contributed by atoms with van der Waals surface area (Å²) in [7, 11) is 2.03. The molecule has 3 heterocycles. The van der Waals surface area contributed by atoms with Crippen molar-refractivity contribution in [1.29, 1.82) is 0 Å². The van der Waals surface area contributed by atoms with E-state index < -0.39 is 0 Å². The zero-order chi connectivity index (χ0) is 13.5. The van der Waals surface area contributed by atoms with Gasteiger partial charge in [0.25, 0.3) is 0 Å². The minimum atomic E-state index is 0.235. The molecule has 0 radical (unpaired) electrons. The summed E-state index contributed by atoms with van der Waals surface area (Å²) in [4.78, 5) is 6.79. The molecule has 1 aliphatic rings. The molecule has 0 bridgehead atoms. The molecular formula is C13H18ClN5. The van der Waals surface area contributed by atoms with Gasteiger partial charge in [0.2, 0.25) is 5.95 Å². The Hall–Kier alpha value is -1.33. The molecule has 0 spiro atoms. The second kappa shape index (κ2) is 4.65. The zero-order valence-electron chi connectivity index (χ0n) is 11.2. The molecular weight excluding hydrogens is 262 g/mol. The van der Waals surface area contributed by atoms with Crippen LogP contribution in [0.3, 0.4) is 0 Å². The molecule has 1 aliphatic heterocycles. The normalized spacial score (nSPS) is 19.0. The predicted octanol–water partition coefficient (Wildman–Crippen LogP) is 1.96. The van der Waals surface area contributed by atoms with Gasteiger partial charge in [0.05, 0.1) is 5.02 Å². The van der Waals surface area contributed by atoms with Gasteiger partial charge in [0.1, 0.15) is 0 Å². The summed E-state index contributed by atoms with van der Waals surface area (Å²) in [5, 5.41) is 8.57. The van der Waals surface area contributed by atoms with Gasteiger partial charge in [-0.05, 0) is 38.9 Å². The lowest BCUT2D eigenvalue weighted by molar-refractivity contribution is 0.303. The minimum absolute atomic E-state index is 0.235. The Morgan fingerprint density at radius 2 is 2.05 bits per heavy atom. The average Bonchev–Trinajstić information content (AvgIpc) is 2.82. The van der Waals surface area contributed by atoms with Crippen molar-refractivity contribution in [2.45, 2.75) is 25.3 Å². The van der Waals surface area contributed by atoms with Crippen LogP contribution in [-0.4, -0.2) is 40.3 Å². The van der Waals surface area contributed by atoms with Crippen LogP contribution in [0.4, 0.5) is 5.95 Å². The summed E-state index contributed by atoms with van der Waals surface area (Å²) in [6, 6.07) is 3.73. The first kappa shape index (κ1) is 12.7. The van der Waals surface area contributed by atoms with Crippen molar-refractivity contribution in [3.8, 4) is 0 Å². The van der Waals surface area contributed by atoms with Crippen LogP contribution >= 0.6 is 11.6 Å². The number of rotatable bonds is 2. The Labute approximate surface area is 117 Å². The van der Waals surface area contributed by atoms with Crippen molar-refractivity contribution in [3.05, 3.63) is 23.4 Å². The number of hydrogen-bond acceptors (Lipinski definition) is 4. The molecule has 0 atom stereocenters. The standard InChI is InChI=1S/C13H18ClN5/c1-13(15-2)5-7-18(8-6-13)12-16-11-4-3-10(14)9-19(11)17-12/h3-4,9,15H,5-8H2,1-2H3. The first-order valence-corrected chi connectivity index (χ1v) is 6.93. The molecule has 0 amide bonds. The van der Waals surface area contributed by atoms with Crippen LogP contribution < -0.4 is 10.2 Å². The number of piperidine rings is 1. The quantitative estimate of drug-likeness (QED) is 0.913. The van der Waals surface area contributed by atoms with E-state index in [1.807, 2.05) is 19.2 Å². The van der Waals surface area contributed by atoms with E-state index in [0.717, 1.165) is 37.5 Å². The van der Waals surface area contributed by atoms with Crippen molar-refractivity contribution in [2.75, 3.05) is 25.0 Å². The highest BCUT2D eigenvalue weighted by Crippen LogP contribution is 2.24. The van der Waals surface area contributed by atoms with Gasteiger partial charge in [-0.1, -0.05) is 11.6 Å². The van der Waals surface area contributed by atoms with Gasteiger partial charge < -0.3 is 10.2 Å². The zero-order valence-corrected chi connectivity index (χ0v) is 12.0. The Bertz CT molecular complexity index is 586. The highest BCUT2D eigenvalue weighted by molar-refractivity contribution is 6.30. The van der Waals surface area contributed by atoms with Crippen LogP contribution in [0.15, 0.2) is 18.3 Å². The molecule has 0 saturated carbocycles. The lowest BCUT2D eigenvalue weighted by atomic mass is 9.90. The molecule has 5 nitrogen and oxygen atoms in total. The summed E-state index contributed by atoms with van der Waals surface area (Å²) in [6.45, 7) is 4.21. The SMILES string of the molecule is CNC1(C)CCN(c2nc3ccc(Cl)cn3n2)CC1. The molecule has 1 saturated heterocycles. The average molecular weight is 280 g/mol. The Morgan fingerprint density at radius 1 is 1.32 bits per heavy atom. The Kier molecular flexibility index (Phi) is 3.11. The summed E-state index contributed by atoms with van der Waals surface area (Å²) < 4.78 is 1.74. The van der Waals surface area contributed by atoms with Crippen molar-refractivity contribution < 1.29 is 0 Å². The van der Waals surface area contributed by atoms with E-state index in [1.54, 1.807) is 10.7 Å². The topological polar surface area (TPSA) is 45.5 Å². The van der Waals surface area contributed by atoms with Crippen molar-refractivity contribution in [3.63, 3.8) is 0 Å². The third-order valence-electron chi connectivity index (χ3n) is 4.04. The van der Waals surface area contributed by atoms with Crippen molar-refractivity contribution in [2.24, 2.45) is 0 Å². The smallest absolute Gasteiger partial charge is 0.245 e. The lowest BCUT2D eigenvalue weighted by Gasteiger charge is -2.38. The molecule has 0 aliphatic carbocycles. The summed E-state index contributed by atoms with van der Waals surface area (Å²) in [5.74, 6) is 0.792. The van der Waals surface area contributed by atoms with E-state index in [9.17, 15) is 0 Å². The third kappa shape index (κ3) is 2.40. The van der Waals surface area contributed by atoms with Crippen LogP contribution in [-0.2, 0) is 0 Å².